The number of carbonyl (C=O) groups is 3. The second kappa shape index (κ2) is 6.52. The SMILES string of the molecule is Cc1cc(NC(=O)CN2C(=O)NC(C)(c3cccc([N+](=O)[O-])c3)C2=O)no1. The smallest absolute Gasteiger partial charge is 0.325 e. The fraction of sp³-hybridized carbons (Fsp3) is 0.250. The molecule has 0 bridgehead atoms. The first-order valence-corrected chi connectivity index (χ1v) is 7.83. The zero-order chi connectivity index (χ0) is 19.8. The van der Waals surface area contributed by atoms with Crippen LogP contribution in [0.2, 0.25) is 0 Å². The Bertz CT molecular complexity index is 954. The summed E-state index contributed by atoms with van der Waals surface area (Å²) in [6, 6.07) is 6.10. The Kier molecular flexibility index (Phi) is 4.35. The highest BCUT2D eigenvalue weighted by atomic mass is 16.6. The topological polar surface area (TPSA) is 148 Å². The molecule has 1 unspecified atom stereocenters. The van der Waals surface area contributed by atoms with Gasteiger partial charge in [-0.2, -0.15) is 0 Å². The number of imide groups is 1. The van der Waals surface area contributed by atoms with Crippen molar-refractivity contribution in [3.8, 4) is 0 Å². The minimum atomic E-state index is -1.52. The van der Waals surface area contributed by atoms with Crippen LogP contribution < -0.4 is 10.6 Å². The lowest BCUT2D eigenvalue weighted by molar-refractivity contribution is -0.385. The standard InChI is InChI=1S/C16H15N5O6/c1-9-6-12(19-27-9)17-13(22)8-20-14(23)16(2,18-15(20)24)10-4-3-5-11(7-10)21(25)26/h3-7H,8H2,1-2H3,(H,18,24)(H,17,19,22). The second-order valence-corrected chi connectivity index (χ2v) is 6.12. The van der Waals surface area contributed by atoms with E-state index in [-0.39, 0.29) is 17.1 Å². The Morgan fingerprint density at radius 2 is 2.15 bits per heavy atom. The van der Waals surface area contributed by atoms with Gasteiger partial charge >= 0.3 is 6.03 Å². The normalized spacial score (nSPS) is 19.1. The summed E-state index contributed by atoms with van der Waals surface area (Å²) in [7, 11) is 0. The maximum atomic E-state index is 12.8. The van der Waals surface area contributed by atoms with Gasteiger partial charge in [-0.1, -0.05) is 17.3 Å². The molecule has 3 rings (SSSR count). The van der Waals surface area contributed by atoms with Crippen LogP contribution in [0.3, 0.4) is 0 Å². The van der Waals surface area contributed by atoms with Crippen molar-refractivity contribution in [2.75, 3.05) is 11.9 Å². The third-order valence-electron chi connectivity index (χ3n) is 4.11. The van der Waals surface area contributed by atoms with E-state index in [0.29, 0.717) is 5.76 Å². The molecule has 1 aliphatic heterocycles. The van der Waals surface area contributed by atoms with Crippen molar-refractivity contribution in [3.63, 3.8) is 0 Å². The van der Waals surface area contributed by atoms with E-state index >= 15 is 0 Å². The van der Waals surface area contributed by atoms with Crippen molar-refractivity contribution in [2.45, 2.75) is 19.4 Å². The number of nitrogens with one attached hydrogen (secondary N) is 2. The summed E-state index contributed by atoms with van der Waals surface area (Å²) in [6.45, 7) is 2.52. The third kappa shape index (κ3) is 3.34. The molecular formula is C16H15N5O6. The molecule has 11 nitrogen and oxygen atoms in total. The first-order valence-electron chi connectivity index (χ1n) is 7.83. The number of benzene rings is 1. The number of non-ortho nitro benzene ring substituents is 1. The van der Waals surface area contributed by atoms with Crippen LogP contribution >= 0.6 is 0 Å². The molecule has 2 N–H and O–H groups in total. The van der Waals surface area contributed by atoms with Crippen molar-refractivity contribution in [3.05, 3.63) is 51.8 Å². The molecule has 1 aromatic carbocycles. The van der Waals surface area contributed by atoms with Gasteiger partial charge in [0, 0.05) is 18.2 Å². The van der Waals surface area contributed by atoms with Crippen molar-refractivity contribution in [1.82, 2.24) is 15.4 Å². The van der Waals surface area contributed by atoms with Crippen molar-refractivity contribution in [1.29, 1.82) is 0 Å². The van der Waals surface area contributed by atoms with Crippen LogP contribution in [0.15, 0.2) is 34.9 Å². The van der Waals surface area contributed by atoms with Crippen LogP contribution in [0.5, 0.6) is 0 Å². The number of nitro groups is 1. The van der Waals surface area contributed by atoms with Gasteiger partial charge in [0.15, 0.2) is 5.82 Å². The van der Waals surface area contributed by atoms with E-state index < -0.39 is 34.9 Å². The summed E-state index contributed by atoms with van der Waals surface area (Å²) in [4.78, 5) is 48.2. The summed E-state index contributed by atoms with van der Waals surface area (Å²) in [5.41, 5.74) is -1.49. The van der Waals surface area contributed by atoms with E-state index in [0.717, 1.165) is 4.90 Å². The molecule has 11 heteroatoms. The monoisotopic (exact) mass is 373 g/mol. The number of hydrogen-bond acceptors (Lipinski definition) is 7. The third-order valence-corrected chi connectivity index (χ3v) is 4.11. The van der Waals surface area contributed by atoms with Gasteiger partial charge in [0.2, 0.25) is 5.91 Å². The van der Waals surface area contributed by atoms with E-state index in [1.807, 2.05) is 0 Å². The summed E-state index contributed by atoms with van der Waals surface area (Å²) < 4.78 is 4.82. The van der Waals surface area contributed by atoms with E-state index in [2.05, 4.69) is 15.8 Å². The zero-order valence-electron chi connectivity index (χ0n) is 14.4. The number of aromatic nitrogens is 1. The molecule has 2 heterocycles. The Hall–Kier alpha value is -3.76. The average Bonchev–Trinajstić information content (AvgIpc) is 3.11. The van der Waals surface area contributed by atoms with Crippen molar-refractivity contribution >= 4 is 29.4 Å². The Morgan fingerprint density at radius 1 is 1.41 bits per heavy atom. The van der Waals surface area contributed by atoms with Crippen molar-refractivity contribution in [2.24, 2.45) is 0 Å². The van der Waals surface area contributed by atoms with Crippen LogP contribution in [0.25, 0.3) is 0 Å². The van der Waals surface area contributed by atoms with Gasteiger partial charge in [-0.05, 0) is 19.4 Å². The largest absolute Gasteiger partial charge is 0.360 e. The molecule has 1 aromatic heterocycles. The van der Waals surface area contributed by atoms with E-state index in [4.69, 9.17) is 4.52 Å². The lowest BCUT2D eigenvalue weighted by Gasteiger charge is -2.21. The fourth-order valence-corrected chi connectivity index (χ4v) is 2.72. The molecule has 27 heavy (non-hydrogen) atoms. The number of hydrogen-bond donors (Lipinski definition) is 2. The maximum absolute atomic E-state index is 12.8. The minimum Gasteiger partial charge on any atom is -0.360 e. The van der Waals surface area contributed by atoms with Gasteiger partial charge in [0.25, 0.3) is 11.6 Å². The highest BCUT2D eigenvalue weighted by molar-refractivity contribution is 6.10. The number of carbonyl (C=O) groups excluding carboxylic acids is 3. The first-order chi connectivity index (χ1) is 12.7. The summed E-state index contributed by atoms with van der Waals surface area (Å²) >= 11 is 0. The Morgan fingerprint density at radius 3 is 2.78 bits per heavy atom. The van der Waals surface area contributed by atoms with Gasteiger partial charge in [0.1, 0.15) is 17.8 Å². The minimum absolute atomic E-state index is 0.158. The summed E-state index contributed by atoms with van der Waals surface area (Å²) in [5, 5.41) is 19.5. The van der Waals surface area contributed by atoms with E-state index in [1.165, 1.54) is 37.3 Å². The van der Waals surface area contributed by atoms with Gasteiger partial charge in [-0.15, -0.1) is 0 Å². The average molecular weight is 373 g/mol. The second-order valence-electron chi connectivity index (χ2n) is 6.12. The quantitative estimate of drug-likeness (QED) is 0.456. The van der Waals surface area contributed by atoms with Crippen molar-refractivity contribution < 1.29 is 23.8 Å². The van der Waals surface area contributed by atoms with Gasteiger partial charge in [-0.25, -0.2) is 4.79 Å². The number of rotatable bonds is 5. The molecule has 1 fully saturated rings. The maximum Gasteiger partial charge on any atom is 0.325 e. The highest BCUT2D eigenvalue weighted by Gasteiger charge is 2.49. The number of aryl methyl sites for hydroxylation is 1. The highest BCUT2D eigenvalue weighted by Crippen LogP contribution is 2.30. The molecule has 0 spiro atoms. The predicted molar refractivity (Wildman–Crippen MR) is 90.6 cm³/mol. The molecular weight excluding hydrogens is 358 g/mol. The lowest BCUT2D eigenvalue weighted by atomic mass is 9.91. The molecule has 140 valence electrons. The lowest BCUT2D eigenvalue weighted by Crippen LogP contribution is -2.42. The van der Waals surface area contributed by atoms with Crippen LogP contribution in [0.4, 0.5) is 16.3 Å². The Labute approximate surface area is 152 Å². The molecule has 2 aromatic rings. The number of nitro benzene ring substituents is 1. The summed E-state index contributed by atoms with van der Waals surface area (Å²) in [5.74, 6) is -0.695. The van der Waals surface area contributed by atoms with Gasteiger partial charge in [-0.3, -0.25) is 24.6 Å². The predicted octanol–water partition coefficient (Wildman–Crippen LogP) is 1.30. The van der Waals surface area contributed by atoms with E-state index in [1.54, 1.807) is 6.92 Å². The zero-order valence-corrected chi connectivity index (χ0v) is 14.4. The fourth-order valence-electron chi connectivity index (χ4n) is 2.72. The Balaban J connectivity index is 1.78. The van der Waals surface area contributed by atoms with Gasteiger partial charge < -0.3 is 15.2 Å². The molecule has 0 aliphatic carbocycles. The number of nitrogens with zero attached hydrogens (tertiary/aromatic N) is 3. The van der Waals surface area contributed by atoms with E-state index in [9.17, 15) is 24.5 Å². The van der Waals surface area contributed by atoms with Gasteiger partial charge in [0.05, 0.1) is 4.92 Å². The van der Waals surface area contributed by atoms with Crippen LogP contribution in [-0.2, 0) is 15.1 Å². The molecule has 4 amide bonds. The first kappa shape index (κ1) is 18.0. The van der Waals surface area contributed by atoms with Crippen LogP contribution in [0, 0.1) is 17.0 Å². The number of amides is 4. The van der Waals surface area contributed by atoms with Crippen LogP contribution in [-0.4, -0.2) is 39.4 Å². The molecule has 0 radical (unpaired) electrons. The molecule has 1 aliphatic rings. The number of anilines is 1. The van der Waals surface area contributed by atoms with Crippen LogP contribution in [0.1, 0.15) is 18.2 Å². The summed E-state index contributed by atoms with van der Waals surface area (Å²) in [6.07, 6.45) is 0. The number of urea groups is 1. The molecule has 1 atom stereocenters. The molecule has 1 saturated heterocycles. The molecule has 0 saturated carbocycles.